The van der Waals surface area contributed by atoms with Gasteiger partial charge in [-0.15, -0.1) is 0 Å². The number of H-pyrrole nitrogens is 1. The molecule has 0 aliphatic heterocycles. The van der Waals surface area contributed by atoms with Gasteiger partial charge >= 0.3 is 5.97 Å². The molecule has 0 bridgehead atoms. The van der Waals surface area contributed by atoms with Gasteiger partial charge in [-0.3, -0.25) is 9.59 Å². The van der Waals surface area contributed by atoms with Crippen LogP contribution in [-0.4, -0.2) is 31.3 Å². The second-order valence-corrected chi connectivity index (χ2v) is 4.95. The highest BCUT2D eigenvalue weighted by Gasteiger charge is 2.17. The first-order chi connectivity index (χ1) is 10.9. The van der Waals surface area contributed by atoms with Crippen molar-refractivity contribution in [2.45, 2.75) is 6.92 Å². The Bertz CT molecular complexity index is 1160. The molecule has 3 rings (SSSR count). The summed E-state index contributed by atoms with van der Waals surface area (Å²) in [7, 11) is 0. The van der Waals surface area contributed by atoms with Gasteiger partial charge in [0, 0.05) is 5.56 Å². The highest BCUT2D eigenvalue weighted by Crippen LogP contribution is 2.17. The van der Waals surface area contributed by atoms with Crippen molar-refractivity contribution in [1.29, 1.82) is 0 Å². The van der Waals surface area contributed by atoms with Gasteiger partial charge in [-0.1, -0.05) is 0 Å². The number of nitrogens with one attached hydrogen (secondary N) is 1. The Labute approximate surface area is 127 Å². The molecule has 23 heavy (non-hydrogen) atoms. The van der Waals surface area contributed by atoms with Crippen molar-refractivity contribution in [3.05, 3.63) is 48.9 Å². The molecule has 0 unspecified atom stereocenters. The van der Waals surface area contributed by atoms with Crippen LogP contribution in [0.5, 0.6) is 5.75 Å². The van der Waals surface area contributed by atoms with Crippen LogP contribution in [0, 0.1) is 6.92 Å². The minimum absolute atomic E-state index is 0.0367. The van der Waals surface area contributed by atoms with Gasteiger partial charge in [-0.25, -0.2) is 9.78 Å². The third kappa shape index (κ3) is 1.92. The molecule has 0 spiro atoms. The number of fused-ring (bicyclic) bond motifs is 2. The number of nitrogens with zero attached hydrogens (tertiary/aromatic N) is 1. The fourth-order valence-electron chi connectivity index (χ4n) is 2.43. The number of aromatic hydroxyl groups is 1. The second kappa shape index (κ2) is 4.80. The molecule has 0 aliphatic carbocycles. The number of phenolic OH excluding ortho intramolecular Hbond substituents is 1. The van der Waals surface area contributed by atoms with Gasteiger partial charge in [0.15, 0.2) is 0 Å². The maximum atomic E-state index is 12.3. The molecule has 0 radical (unpaired) electrons. The standard InChI is InChI=1S/C15H10N2O6/c1-5-13(20)7(4-18)10-12(14(5)21)17-9-6(15(22)23)2-3-8(19)11(9)16-10/h2-4,17-18,20H,1H3,(H,22,23). The number of carbonyl (C=O) groups is 1. The molecule has 2 aromatic carbocycles. The van der Waals surface area contributed by atoms with E-state index in [2.05, 4.69) is 9.97 Å². The van der Waals surface area contributed by atoms with Crippen LogP contribution < -0.4 is 16.1 Å². The fourth-order valence-corrected chi connectivity index (χ4v) is 2.43. The van der Waals surface area contributed by atoms with Crippen LogP contribution >= 0.6 is 0 Å². The van der Waals surface area contributed by atoms with Crippen LogP contribution in [0.25, 0.3) is 28.3 Å². The van der Waals surface area contributed by atoms with E-state index in [-0.39, 0.29) is 38.4 Å². The first-order valence-corrected chi connectivity index (χ1v) is 6.46. The Kier molecular flexibility index (Phi) is 3.03. The van der Waals surface area contributed by atoms with E-state index in [0.717, 1.165) is 12.1 Å². The number of aliphatic hydroxyl groups is 1. The van der Waals surface area contributed by atoms with Gasteiger partial charge in [0.05, 0.1) is 22.6 Å². The molecule has 1 aromatic heterocycles. The van der Waals surface area contributed by atoms with Crippen molar-refractivity contribution in [3.8, 4) is 5.75 Å². The van der Waals surface area contributed by atoms with E-state index in [1.54, 1.807) is 0 Å². The van der Waals surface area contributed by atoms with Gasteiger partial charge in [0.2, 0.25) is 10.9 Å². The summed E-state index contributed by atoms with van der Waals surface area (Å²) in [6.45, 7) is 1.35. The first kappa shape index (κ1) is 14.5. The average molecular weight is 314 g/mol. The van der Waals surface area contributed by atoms with Crippen LogP contribution in [0.4, 0.5) is 0 Å². The Morgan fingerprint density at radius 3 is 2.52 bits per heavy atom. The lowest BCUT2D eigenvalue weighted by Crippen LogP contribution is -2.20. The zero-order valence-electron chi connectivity index (χ0n) is 11.7. The summed E-state index contributed by atoms with van der Waals surface area (Å²) in [4.78, 5) is 42.1. The monoisotopic (exact) mass is 314 g/mol. The Balaban J connectivity index is 2.72. The van der Waals surface area contributed by atoms with E-state index < -0.39 is 22.6 Å². The number of carboxylic acid groups (broad SMARTS) is 1. The third-order valence-corrected chi connectivity index (χ3v) is 3.64. The van der Waals surface area contributed by atoms with Crippen LogP contribution in [0.3, 0.4) is 0 Å². The number of aromatic nitrogens is 2. The lowest BCUT2D eigenvalue weighted by Gasteiger charge is -2.07. The zero-order chi connectivity index (χ0) is 16.9. The molecule has 8 nitrogen and oxygen atoms in total. The van der Waals surface area contributed by atoms with Crippen molar-refractivity contribution in [2.75, 3.05) is 0 Å². The number of benzene rings is 2. The molecule has 0 aliphatic rings. The molecular formula is C15H10N2O6. The zero-order valence-corrected chi connectivity index (χ0v) is 11.7. The number of phenols is 1. The summed E-state index contributed by atoms with van der Waals surface area (Å²) in [6, 6.07) is 2.17. The van der Waals surface area contributed by atoms with Crippen molar-refractivity contribution in [3.63, 3.8) is 0 Å². The van der Waals surface area contributed by atoms with E-state index in [1.165, 1.54) is 6.92 Å². The number of aromatic amines is 1. The van der Waals surface area contributed by atoms with E-state index in [1.807, 2.05) is 0 Å². The number of aromatic carboxylic acids is 1. The number of carboxylic acids is 1. The van der Waals surface area contributed by atoms with Gasteiger partial charge < -0.3 is 20.3 Å². The van der Waals surface area contributed by atoms with Gasteiger partial charge in [-0.05, 0) is 19.1 Å². The smallest absolute Gasteiger partial charge is 0.337 e. The molecular weight excluding hydrogens is 304 g/mol. The summed E-state index contributed by atoms with van der Waals surface area (Å²) in [5.41, 5.74) is -1.94. The van der Waals surface area contributed by atoms with Crippen molar-refractivity contribution in [1.82, 2.24) is 9.97 Å². The van der Waals surface area contributed by atoms with Crippen molar-refractivity contribution >= 4 is 34.3 Å². The molecule has 1 heterocycles. The topological polar surface area (TPSA) is 141 Å². The van der Waals surface area contributed by atoms with Gasteiger partial charge in [0.25, 0.3) is 0 Å². The maximum absolute atomic E-state index is 12.3. The summed E-state index contributed by atoms with van der Waals surface area (Å²) in [5, 5.41) is 28.3. The van der Waals surface area contributed by atoms with Crippen LogP contribution in [-0.2, 0) is 0 Å². The Hall–Kier alpha value is -3.42. The number of hydrogen-bond acceptors (Lipinski definition) is 6. The molecule has 3 aromatic rings. The quantitative estimate of drug-likeness (QED) is 0.469. The predicted octanol–water partition coefficient (Wildman–Crippen LogP) is 0.164. The molecule has 116 valence electrons. The van der Waals surface area contributed by atoms with E-state index in [4.69, 9.17) is 0 Å². The van der Waals surface area contributed by atoms with Gasteiger partial charge in [0.1, 0.15) is 22.3 Å². The second-order valence-electron chi connectivity index (χ2n) is 4.95. The normalized spacial score (nSPS) is 12.1. The molecule has 0 amide bonds. The maximum Gasteiger partial charge on any atom is 0.337 e. The van der Waals surface area contributed by atoms with Crippen LogP contribution in [0.2, 0.25) is 0 Å². The van der Waals surface area contributed by atoms with Gasteiger partial charge in [-0.2, -0.15) is 0 Å². The molecule has 8 heteroatoms. The predicted molar refractivity (Wildman–Crippen MR) is 81.8 cm³/mol. The highest BCUT2D eigenvalue weighted by atomic mass is 16.4. The first-order valence-electron chi connectivity index (χ1n) is 6.46. The van der Waals surface area contributed by atoms with Crippen LogP contribution in [0.15, 0.2) is 21.7 Å². The number of rotatable bonds is 1. The molecule has 0 saturated carbocycles. The van der Waals surface area contributed by atoms with Crippen LogP contribution in [0.1, 0.15) is 15.9 Å². The minimum Gasteiger partial charge on any atom is -0.515 e. The Morgan fingerprint density at radius 2 is 1.91 bits per heavy atom. The average Bonchev–Trinajstić information content (AvgIpc) is 2.52. The molecule has 0 saturated heterocycles. The number of hydrogen-bond donors (Lipinski definition) is 4. The lowest BCUT2D eigenvalue weighted by molar-refractivity contribution is 0.0699. The van der Waals surface area contributed by atoms with E-state index in [9.17, 15) is 29.7 Å². The van der Waals surface area contributed by atoms with Crippen molar-refractivity contribution in [2.24, 2.45) is 0 Å². The third-order valence-electron chi connectivity index (χ3n) is 3.64. The summed E-state index contributed by atoms with van der Waals surface area (Å²) in [6.07, 6.45) is 0.572. The number of aliphatic hydroxyl groups excluding tert-OH is 1. The lowest BCUT2D eigenvalue weighted by atomic mass is 10.1. The summed E-state index contributed by atoms with van der Waals surface area (Å²) < 4.78 is 0. The largest absolute Gasteiger partial charge is 0.515 e. The summed E-state index contributed by atoms with van der Waals surface area (Å²) in [5.74, 6) is -1.74. The summed E-state index contributed by atoms with van der Waals surface area (Å²) >= 11 is 0. The highest BCUT2D eigenvalue weighted by molar-refractivity contribution is 6.02. The Morgan fingerprint density at radius 1 is 1.22 bits per heavy atom. The fraction of sp³-hybridized carbons (Fsp3) is 0.0667. The van der Waals surface area contributed by atoms with E-state index >= 15 is 0 Å². The molecule has 4 N–H and O–H groups in total. The molecule has 0 fully saturated rings. The van der Waals surface area contributed by atoms with E-state index in [0.29, 0.717) is 6.26 Å². The SMILES string of the molecule is Cc1c(O)c(=CO)c2nc3c(=O)ccc(C(=O)O)c3[nH]c2c1=O. The molecule has 0 atom stereocenters. The van der Waals surface area contributed by atoms with Crippen molar-refractivity contribution < 1.29 is 20.1 Å². The minimum atomic E-state index is -1.29.